The Morgan fingerprint density at radius 1 is 1.39 bits per heavy atom. The zero-order valence-electron chi connectivity index (χ0n) is 10.7. The molecule has 1 fully saturated rings. The van der Waals surface area contributed by atoms with Crippen LogP contribution >= 0.6 is 23.1 Å². The van der Waals surface area contributed by atoms with E-state index in [0.29, 0.717) is 4.34 Å². The number of aromatic carboxylic acids is 1. The van der Waals surface area contributed by atoms with Crippen molar-refractivity contribution in [3.05, 3.63) is 5.01 Å². The van der Waals surface area contributed by atoms with Crippen LogP contribution in [0.15, 0.2) is 4.34 Å². The Hall–Kier alpha value is -0.660. The molecule has 0 radical (unpaired) electrons. The predicted octanol–water partition coefficient (Wildman–Crippen LogP) is 2.50. The van der Waals surface area contributed by atoms with Crippen molar-refractivity contribution in [3.63, 3.8) is 0 Å². The summed E-state index contributed by atoms with van der Waals surface area (Å²) in [7, 11) is 2.07. The third kappa shape index (κ3) is 5.32. The van der Waals surface area contributed by atoms with Gasteiger partial charge in [0.15, 0.2) is 4.34 Å². The summed E-state index contributed by atoms with van der Waals surface area (Å²) in [5.41, 5.74) is 0. The summed E-state index contributed by atoms with van der Waals surface area (Å²) in [5.74, 6) is -1.02. The number of nitrogens with zero attached hydrogens (tertiary/aromatic N) is 2. The lowest BCUT2D eigenvalue weighted by atomic mass is 9.96. The van der Waals surface area contributed by atoms with Gasteiger partial charge in [0.1, 0.15) is 0 Å². The number of carbonyl (C=O) groups is 1. The van der Waals surface area contributed by atoms with Gasteiger partial charge in [-0.05, 0) is 26.1 Å². The summed E-state index contributed by atoms with van der Waals surface area (Å²) < 4.78 is 0.678. The van der Waals surface area contributed by atoms with E-state index in [9.17, 15) is 4.79 Å². The Labute approximate surface area is 115 Å². The van der Waals surface area contributed by atoms with Gasteiger partial charge in [-0.1, -0.05) is 42.4 Å². The average molecular weight is 289 g/mol. The number of carboxylic acids is 1. The van der Waals surface area contributed by atoms with Gasteiger partial charge in [0.2, 0.25) is 5.01 Å². The first kappa shape index (κ1) is 15.4. The van der Waals surface area contributed by atoms with Crippen LogP contribution in [-0.4, -0.2) is 40.6 Å². The quantitative estimate of drug-likeness (QED) is 0.833. The van der Waals surface area contributed by atoms with Gasteiger partial charge in [-0.15, -0.1) is 10.2 Å². The molecule has 102 valence electrons. The van der Waals surface area contributed by atoms with Crippen molar-refractivity contribution in [2.75, 3.05) is 13.3 Å². The van der Waals surface area contributed by atoms with Crippen LogP contribution in [0.5, 0.6) is 0 Å². The lowest BCUT2D eigenvalue weighted by Crippen LogP contribution is -2.26. The highest BCUT2D eigenvalue weighted by molar-refractivity contribution is 8.00. The van der Waals surface area contributed by atoms with Crippen molar-refractivity contribution in [1.29, 1.82) is 0 Å². The number of aromatic nitrogens is 2. The highest BCUT2D eigenvalue weighted by Gasteiger charge is 2.09. The fraction of sp³-hybridized carbons (Fsp3) is 0.727. The lowest BCUT2D eigenvalue weighted by molar-refractivity contribution is 0.0695. The molecule has 1 saturated carbocycles. The second-order valence-electron chi connectivity index (χ2n) is 4.01. The predicted molar refractivity (Wildman–Crippen MR) is 74.6 cm³/mol. The first-order valence-corrected chi connectivity index (χ1v) is 7.99. The number of thioether (sulfide) groups is 1. The van der Waals surface area contributed by atoms with Crippen molar-refractivity contribution in [2.45, 2.75) is 42.5 Å². The maximum absolute atomic E-state index is 10.2. The van der Waals surface area contributed by atoms with E-state index in [0.717, 1.165) is 17.4 Å². The van der Waals surface area contributed by atoms with Gasteiger partial charge in [0.05, 0.1) is 0 Å². The molecule has 1 aromatic heterocycles. The number of carboxylic acid groups (broad SMARTS) is 1. The molecule has 0 bridgehead atoms. The number of hydrogen-bond donors (Lipinski definition) is 2. The first-order valence-electron chi connectivity index (χ1n) is 5.95. The second kappa shape index (κ2) is 8.44. The van der Waals surface area contributed by atoms with E-state index >= 15 is 0 Å². The molecule has 1 aromatic rings. The average Bonchev–Trinajstić information content (AvgIpc) is 2.89. The van der Waals surface area contributed by atoms with Crippen LogP contribution in [0.2, 0.25) is 0 Å². The van der Waals surface area contributed by atoms with Crippen LogP contribution in [0, 0.1) is 0 Å². The van der Waals surface area contributed by atoms with Gasteiger partial charge in [0.25, 0.3) is 0 Å². The van der Waals surface area contributed by atoms with Crippen molar-refractivity contribution < 1.29 is 9.90 Å². The smallest absolute Gasteiger partial charge is 0.367 e. The molecule has 1 heterocycles. The van der Waals surface area contributed by atoms with E-state index in [1.54, 1.807) is 0 Å². The molecular formula is C11H19N3O2S2. The molecule has 0 aromatic carbocycles. The molecule has 0 atom stereocenters. The van der Waals surface area contributed by atoms with Crippen LogP contribution < -0.4 is 5.32 Å². The Bertz CT molecular complexity index is 365. The van der Waals surface area contributed by atoms with Crippen LogP contribution in [0.3, 0.4) is 0 Å². The highest BCUT2D eigenvalue weighted by Crippen LogP contribution is 2.19. The largest absolute Gasteiger partial charge is 0.476 e. The molecule has 1 aliphatic carbocycles. The molecule has 0 saturated heterocycles. The van der Waals surface area contributed by atoms with E-state index in [1.807, 2.05) is 6.26 Å². The third-order valence-electron chi connectivity index (χ3n) is 2.78. The third-order valence-corrected chi connectivity index (χ3v) is 4.66. The Balaban J connectivity index is 0.000000184. The van der Waals surface area contributed by atoms with E-state index in [1.165, 1.54) is 43.9 Å². The molecule has 0 unspecified atom stereocenters. The van der Waals surface area contributed by atoms with Crippen LogP contribution in [0.25, 0.3) is 0 Å². The molecule has 18 heavy (non-hydrogen) atoms. The first-order chi connectivity index (χ1) is 8.67. The normalized spacial score (nSPS) is 15.9. The van der Waals surface area contributed by atoms with Gasteiger partial charge >= 0.3 is 5.97 Å². The molecule has 0 amide bonds. The maximum atomic E-state index is 10.2. The van der Waals surface area contributed by atoms with Crippen LogP contribution in [-0.2, 0) is 0 Å². The topological polar surface area (TPSA) is 75.1 Å². The number of rotatable bonds is 3. The summed E-state index contributed by atoms with van der Waals surface area (Å²) >= 11 is 2.47. The second-order valence-corrected chi connectivity index (χ2v) is 6.04. The monoisotopic (exact) mass is 289 g/mol. The minimum atomic E-state index is -1.02. The fourth-order valence-electron chi connectivity index (χ4n) is 1.77. The molecule has 7 heteroatoms. The van der Waals surface area contributed by atoms with Crippen molar-refractivity contribution in [3.8, 4) is 0 Å². The van der Waals surface area contributed by atoms with E-state index in [4.69, 9.17) is 5.11 Å². The van der Waals surface area contributed by atoms with Crippen molar-refractivity contribution >= 4 is 29.1 Å². The van der Waals surface area contributed by atoms with Crippen molar-refractivity contribution in [1.82, 2.24) is 15.5 Å². The van der Waals surface area contributed by atoms with Crippen LogP contribution in [0.1, 0.15) is 41.9 Å². The molecule has 0 spiro atoms. The minimum Gasteiger partial charge on any atom is -0.476 e. The number of hydrogen-bond acceptors (Lipinski definition) is 6. The molecule has 5 nitrogen and oxygen atoms in total. The number of nitrogens with one attached hydrogen (secondary N) is 1. The maximum Gasteiger partial charge on any atom is 0.367 e. The standard InChI is InChI=1S/C7H15N.C4H4N2O2S2/c1-8-7-5-3-2-4-6-7;1-9-4-6-5-2(10-4)3(7)8/h7-8H,2-6H2,1H3;1H3,(H,7,8). The Kier molecular flexibility index (Phi) is 7.22. The zero-order chi connectivity index (χ0) is 13.4. The molecule has 1 aliphatic rings. The molecule has 0 aliphatic heterocycles. The van der Waals surface area contributed by atoms with Gasteiger partial charge in [-0.2, -0.15) is 0 Å². The summed E-state index contributed by atoms with van der Waals surface area (Å²) in [5, 5.41) is 18.8. The Morgan fingerprint density at radius 2 is 2.06 bits per heavy atom. The fourth-order valence-corrected chi connectivity index (χ4v) is 2.88. The van der Waals surface area contributed by atoms with Gasteiger partial charge in [0, 0.05) is 6.04 Å². The Morgan fingerprint density at radius 3 is 2.39 bits per heavy atom. The SMILES string of the molecule is CNC1CCCCC1.CSc1nnc(C(=O)O)s1. The van der Waals surface area contributed by atoms with Gasteiger partial charge in [-0.25, -0.2) is 4.79 Å². The minimum absolute atomic E-state index is 0.0457. The van der Waals surface area contributed by atoms with Gasteiger partial charge < -0.3 is 10.4 Å². The molecule has 2 rings (SSSR count). The summed E-state index contributed by atoms with van der Waals surface area (Å²) in [4.78, 5) is 10.2. The van der Waals surface area contributed by atoms with Gasteiger partial charge in [-0.3, -0.25) is 0 Å². The highest BCUT2D eigenvalue weighted by atomic mass is 32.2. The summed E-state index contributed by atoms with van der Waals surface area (Å²) in [6, 6.07) is 0.837. The van der Waals surface area contributed by atoms with E-state index in [-0.39, 0.29) is 5.01 Å². The lowest BCUT2D eigenvalue weighted by Gasteiger charge is -2.20. The van der Waals surface area contributed by atoms with Crippen molar-refractivity contribution in [2.24, 2.45) is 0 Å². The van der Waals surface area contributed by atoms with Crippen LogP contribution in [0.4, 0.5) is 0 Å². The zero-order valence-corrected chi connectivity index (χ0v) is 12.3. The van der Waals surface area contributed by atoms with E-state index < -0.39 is 5.97 Å². The molecule has 2 N–H and O–H groups in total. The molecular weight excluding hydrogens is 270 g/mol. The summed E-state index contributed by atoms with van der Waals surface area (Å²) in [6.45, 7) is 0. The summed E-state index contributed by atoms with van der Waals surface area (Å²) in [6.07, 6.45) is 8.95. The van der Waals surface area contributed by atoms with E-state index in [2.05, 4.69) is 22.6 Å².